The molecule has 0 saturated carbocycles. The zero-order chi connectivity index (χ0) is 23.8. The Morgan fingerprint density at radius 2 is 1.50 bits per heavy atom. The molecule has 0 radical (unpaired) electrons. The van der Waals surface area contributed by atoms with Crippen LogP contribution in [0.25, 0.3) is 0 Å². The number of hydrogen-bond donors (Lipinski definition) is 2. The van der Waals surface area contributed by atoms with Crippen molar-refractivity contribution >= 4 is 18.0 Å². The molecule has 7 heteroatoms. The first kappa shape index (κ1) is 28.2. The van der Waals surface area contributed by atoms with E-state index in [-0.39, 0.29) is 24.5 Å². The molecule has 0 aromatic carbocycles. The fourth-order valence-corrected chi connectivity index (χ4v) is 3.79. The fraction of sp³-hybridized carbons (Fsp3) is 0.880. The Bertz CT molecular complexity index is 559. The Labute approximate surface area is 194 Å². The molecule has 2 atom stereocenters. The van der Waals surface area contributed by atoms with E-state index in [2.05, 4.69) is 17.6 Å². The molecule has 0 aliphatic carbocycles. The van der Waals surface area contributed by atoms with Crippen LogP contribution in [-0.2, 0) is 19.1 Å². The van der Waals surface area contributed by atoms with E-state index in [1.165, 1.54) is 57.8 Å². The number of amides is 2. The summed E-state index contributed by atoms with van der Waals surface area (Å²) in [6.45, 7) is 7.82. The Hall–Kier alpha value is -1.79. The van der Waals surface area contributed by atoms with E-state index >= 15 is 0 Å². The maximum absolute atomic E-state index is 12.2. The number of nitrogens with one attached hydrogen (secondary N) is 2. The van der Waals surface area contributed by atoms with Crippen molar-refractivity contribution < 1.29 is 23.9 Å². The SMILES string of the molecule is CCCCCCCCCCCCCC(=O)O[C@H]1CC[C@H](NC(=O)OC(C)(C)C)C(=O)NC1. The number of rotatable bonds is 14. The zero-order valence-electron chi connectivity index (χ0n) is 20.8. The highest BCUT2D eigenvalue weighted by molar-refractivity contribution is 5.86. The Morgan fingerprint density at radius 1 is 0.938 bits per heavy atom. The molecule has 1 saturated heterocycles. The summed E-state index contributed by atoms with van der Waals surface area (Å²) < 4.78 is 10.8. The van der Waals surface area contributed by atoms with Crippen LogP contribution in [0.1, 0.15) is 118 Å². The minimum atomic E-state index is -0.680. The molecule has 32 heavy (non-hydrogen) atoms. The number of unbranched alkanes of at least 4 members (excludes halogenated alkanes) is 10. The van der Waals surface area contributed by atoms with Crippen LogP contribution in [0.4, 0.5) is 4.79 Å². The van der Waals surface area contributed by atoms with Gasteiger partial charge in [0.15, 0.2) is 0 Å². The lowest BCUT2D eigenvalue weighted by atomic mass is 10.1. The van der Waals surface area contributed by atoms with E-state index in [4.69, 9.17) is 9.47 Å². The van der Waals surface area contributed by atoms with Gasteiger partial charge in [0.1, 0.15) is 17.7 Å². The van der Waals surface area contributed by atoms with Crippen LogP contribution in [0.2, 0.25) is 0 Å². The molecule has 7 nitrogen and oxygen atoms in total. The number of carbonyl (C=O) groups excluding carboxylic acids is 3. The molecule has 0 aromatic heterocycles. The van der Waals surface area contributed by atoms with Crippen LogP contribution < -0.4 is 10.6 Å². The Morgan fingerprint density at radius 3 is 2.06 bits per heavy atom. The highest BCUT2D eigenvalue weighted by atomic mass is 16.6. The fourth-order valence-electron chi connectivity index (χ4n) is 3.79. The second-order valence-corrected chi connectivity index (χ2v) is 9.92. The average molecular weight is 455 g/mol. The largest absolute Gasteiger partial charge is 0.460 e. The molecular weight excluding hydrogens is 408 g/mol. The van der Waals surface area contributed by atoms with Gasteiger partial charge in [0.05, 0.1) is 6.54 Å². The number of carbonyl (C=O) groups is 3. The van der Waals surface area contributed by atoms with Gasteiger partial charge in [-0.3, -0.25) is 9.59 Å². The molecule has 1 aliphatic heterocycles. The Balaban J connectivity index is 2.13. The van der Waals surface area contributed by atoms with Crippen LogP contribution in [0, 0.1) is 0 Å². The van der Waals surface area contributed by atoms with Crippen LogP contribution >= 0.6 is 0 Å². The van der Waals surface area contributed by atoms with Crippen molar-refractivity contribution in [3.63, 3.8) is 0 Å². The molecule has 186 valence electrons. The van der Waals surface area contributed by atoms with Crippen molar-refractivity contribution in [3.8, 4) is 0 Å². The van der Waals surface area contributed by atoms with Gasteiger partial charge in [-0.05, 0) is 40.0 Å². The summed E-state index contributed by atoms with van der Waals surface area (Å²) >= 11 is 0. The summed E-state index contributed by atoms with van der Waals surface area (Å²) in [7, 11) is 0. The molecule has 0 spiro atoms. The molecule has 0 unspecified atom stereocenters. The predicted molar refractivity (Wildman–Crippen MR) is 126 cm³/mol. The first-order valence-electron chi connectivity index (χ1n) is 12.7. The highest BCUT2D eigenvalue weighted by Crippen LogP contribution is 2.15. The van der Waals surface area contributed by atoms with Crippen molar-refractivity contribution in [1.82, 2.24) is 10.6 Å². The third-order valence-electron chi connectivity index (χ3n) is 5.57. The van der Waals surface area contributed by atoms with Gasteiger partial charge in [0.2, 0.25) is 5.91 Å². The number of hydrogen-bond acceptors (Lipinski definition) is 5. The van der Waals surface area contributed by atoms with Crippen LogP contribution in [0.5, 0.6) is 0 Å². The van der Waals surface area contributed by atoms with E-state index < -0.39 is 17.7 Å². The van der Waals surface area contributed by atoms with Crippen molar-refractivity contribution in [2.24, 2.45) is 0 Å². The van der Waals surface area contributed by atoms with Gasteiger partial charge in [-0.25, -0.2) is 4.79 Å². The summed E-state index contributed by atoms with van der Waals surface area (Å²) in [6, 6.07) is -0.680. The smallest absolute Gasteiger partial charge is 0.408 e. The molecule has 1 rings (SSSR count). The monoisotopic (exact) mass is 454 g/mol. The number of esters is 1. The summed E-state index contributed by atoms with van der Waals surface area (Å²) in [6.07, 6.45) is 14.0. The lowest BCUT2D eigenvalue weighted by Crippen LogP contribution is -2.47. The molecule has 2 amide bonds. The van der Waals surface area contributed by atoms with Crippen molar-refractivity contribution in [2.45, 2.75) is 135 Å². The quantitative estimate of drug-likeness (QED) is 0.271. The van der Waals surface area contributed by atoms with Gasteiger partial charge in [0.25, 0.3) is 0 Å². The second kappa shape index (κ2) is 15.9. The average Bonchev–Trinajstić information content (AvgIpc) is 2.87. The first-order chi connectivity index (χ1) is 15.2. The highest BCUT2D eigenvalue weighted by Gasteiger charge is 2.29. The summed E-state index contributed by atoms with van der Waals surface area (Å²) in [4.78, 5) is 36.3. The summed E-state index contributed by atoms with van der Waals surface area (Å²) in [5.41, 5.74) is -0.627. The maximum atomic E-state index is 12.2. The molecule has 1 fully saturated rings. The third kappa shape index (κ3) is 14.3. The molecule has 0 bridgehead atoms. The normalized spacial score (nSPS) is 19.1. The van der Waals surface area contributed by atoms with E-state index in [9.17, 15) is 14.4 Å². The minimum absolute atomic E-state index is 0.210. The van der Waals surface area contributed by atoms with Gasteiger partial charge in [-0.15, -0.1) is 0 Å². The molecule has 1 aliphatic rings. The lowest BCUT2D eigenvalue weighted by molar-refractivity contribution is -0.149. The van der Waals surface area contributed by atoms with Crippen LogP contribution in [0.15, 0.2) is 0 Å². The summed E-state index contributed by atoms with van der Waals surface area (Å²) in [5.74, 6) is -0.488. The maximum Gasteiger partial charge on any atom is 0.408 e. The lowest BCUT2D eigenvalue weighted by Gasteiger charge is -2.22. The van der Waals surface area contributed by atoms with E-state index in [1.54, 1.807) is 20.8 Å². The van der Waals surface area contributed by atoms with Gasteiger partial charge in [-0.2, -0.15) is 0 Å². The van der Waals surface area contributed by atoms with E-state index in [0.29, 0.717) is 19.3 Å². The molecule has 2 N–H and O–H groups in total. The summed E-state index contributed by atoms with van der Waals surface area (Å²) in [5, 5.41) is 5.34. The molecule has 0 aromatic rings. The third-order valence-corrected chi connectivity index (χ3v) is 5.57. The standard InChI is InChI=1S/C25H46N2O5/c1-5-6-7-8-9-10-11-12-13-14-15-16-22(28)31-20-17-18-21(23(29)26-19-20)27-24(30)32-25(2,3)4/h20-21H,5-19H2,1-4H3,(H,26,29)(H,27,30)/t20-,21-/m0/s1. The minimum Gasteiger partial charge on any atom is -0.460 e. The van der Waals surface area contributed by atoms with Crippen LogP contribution in [0.3, 0.4) is 0 Å². The van der Waals surface area contributed by atoms with E-state index in [1.807, 2.05) is 0 Å². The van der Waals surface area contributed by atoms with Crippen molar-refractivity contribution in [1.29, 1.82) is 0 Å². The van der Waals surface area contributed by atoms with Crippen molar-refractivity contribution in [2.75, 3.05) is 6.54 Å². The number of ether oxygens (including phenoxy) is 2. The van der Waals surface area contributed by atoms with Gasteiger partial charge < -0.3 is 20.1 Å². The second-order valence-electron chi connectivity index (χ2n) is 9.92. The first-order valence-corrected chi connectivity index (χ1v) is 12.7. The number of alkyl carbamates (subject to hydrolysis) is 1. The van der Waals surface area contributed by atoms with Crippen molar-refractivity contribution in [3.05, 3.63) is 0 Å². The predicted octanol–water partition coefficient (Wildman–Crippen LogP) is 5.40. The van der Waals surface area contributed by atoms with E-state index in [0.717, 1.165) is 12.8 Å². The Kier molecular flexibility index (Phi) is 14.1. The molecular formula is C25H46N2O5. The van der Waals surface area contributed by atoms with Gasteiger partial charge >= 0.3 is 12.1 Å². The topological polar surface area (TPSA) is 93.7 Å². The molecule has 1 heterocycles. The van der Waals surface area contributed by atoms with Gasteiger partial charge in [0, 0.05) is 6.42 Å². The zero-order valence-corrected chi connectivity index (χ0v) is 20.8. The van der Waals surface area contributed by atoms with Crippen LogP contribution in [-0.4, -0.2) is 42.3 Å². The van der Waals surface area contributed by atoms with Gasteiger partial charge in [-0.1, -0.05) is 71.1 Å².